The van der Waals surface area contributed by atoms with Gasteiger partial charge in [-0.05, 0) is 58.6 Å². The predicted octanol–water partition coefficient (Wildman–Crippen LogP) is 4.64. The number of thioether (sulfide) groups is 1. The highest BCUT2D eigenvalue weighted by Crippen LogP contribution is 2.25. The number of aromatic nitrogens is 2. The summed E-state index contributed by atoms with van der Waals surface area (Å²) < 4.78 is 15.6. The highest BCUT2D eigenvalue weighted by molar-refractivity contribution is 9.10. The standard InChI is InChI=1S/C21H21BrFN3O2S/c22-16-12-14(9-10-17(16)23)13-29-21-25-18-7-4-3-6-15(18)20(28)26(21)11-5-1-2-8-19(24)27/h3-4,6-7,9-10,12H,1-2,5,8,11,13H2,(H2,24,27). The molecule has 2 N–H and O–H groups in total. The van der Waals surface area contributed by atoms with E-state index in [1.165, 1.54) is 17.8 Å². The number of hydrogen-bond donors (Lipinski definition) is 1. The van der Waals surface area contributed by atoms with Gasteiger partial charge in [0.2, 0.25) is 5.91 Å². The molecule has 1 heterocycles. The first-order valence-electron chi connectivity index (χ1n) is 9.30. The van der Waals surface area contributed by atoms with Crippen LogP contribution >= 0.6 is 27.7 Å². The number of halogens is 2. The van der Waals surface area contributed by atoms with E-state index in [0.29, 0.717) is 45.7 Å². The second-order valence-electron chi connectivity index (χ2n) is 6.68. The number of carbonyl (C=O) groups excluding carboxylic acids is 1. The predicted molar refractivity (Wildman–Crippen MR) is 117 cm³/mol. The number of para-hydroxylation sites is 1. The van der Waals surface area contributed by atoms with Crippen LogP contribution < -0.4 is 11.3 Å². The summed E-state index contributed by atoms with van der Waals surface area (Å²) in [6.45, 7) is 0.519. The molecule has 0 bridgehead atoms. The number of carbonyl (C=O) groups is 1. The molecule has 0 saturated heterocycles. The monoisotopic (exact) mass is 477 g/mol. The molecule has 1 aromatic heterocycles. The fraction of sp³-hybridized carbons (Fsp3) is 0.286. The summed E-state index contributed by atoms with van der Waals surface area (Å²) in [5.41, 5.74) is 6.69. The maximum Gasteiger partial charge on any atom is 0.262 e. The summed E-state index contributed by atoms with van der Waals surface area (Å²) in [6, 6.07) is 12.2. The summed E-state index contributed by atoms with van der Waals surface area (Å²) in [5, 5.41) is 1.21. The molecule has 0 spiro atoms. The molecule has 0 saturated carbocycles. The van der Waals surface area contributed by atoms with Gasteiger partial charge >= 0.3 is 0 Å². The number of benzene rings is 2. The van der Waals surface area contributed by atoms with E-state index in [1.54, 1.807) is 22.8 Å². The van der Waals surface area contributed by atoms with E-state index < -0.39 is 0 Å². The Morgan fingerprint density at radius 2 is 1.97 bits per heavy atom. The van der Waals surface area contributed by atoms with Gasteiger partial charge in [-0.1, -0.05) is 36.4 Å². The smallest absolute Gasteiger partial charge is 0.262 e. The summed E-state index contributed by atoms with van der Waals surface area (Å²) in [6.07, 6.45) is 2.61. The number of amides is 1. The molecule has 0 atom stereocenters. The number of nitrogens with two attached hydrogens (primary N) is 1. The molecule has 0 aliphatic carbocycles. The minimum absolute atomic E-state index is 0.0757. The Kier molecular flexibility index (Phi) is 7.44. The lowest BCUT2D eigenvalue weighted by atomic mass is 10.2. The van der Waals surface area contributed by atoms with Gasteiger partial charge in [-0.15, -0.1) is 0 Å². The molecule has 1 amide bonds. The molecular formula is C21H21BrFN3O2S. The lowest BCUT2D eigenvalue weighted by Gasteiger charge is -2.13. The molecule has 8 heteroatoms. The molecular weight excluding hydrogens is 457 g/mol. The second-order valence-corrected chi connectivity index (χ2v) is 8.48. The lowest BCUT2D eigenvalue weighted by Crippen LogP contribution is -2.23. The zero-order chi connectivity index (χ0) is 20.8. The fourth-order valence-corrected chi connectivity index (χ4v) is 4.37. The van der Waals surface area contributed by atoms with Crippen molar-refractivity contribution in [2.45, 2.75) is 43.1 Å². The second kappa shape index (κ2) is 10.0. The number of rotatable bonds is 9. The minimum Gasteiger partial charge on any atom is -0.370 e. The Labute approximate surface area is 180 Å². The average Bonchev–Trinajstić information content (AvgIpc) is 2.70. The van der Waals surface area contributed by atoms with E-state index in [4.69, 9.17) is 5.73 Å². The third-order valence-electron chi connectivity index (χ3n) is 4.48. The molecule has 152 valence electrons. The van der Waals surface area contributed by atoms with Crippen LogP contribution in [0.2, 0.25) is 0 Å². The van der Waals surface area contributed by atoms with Crippen LogP contribution in [0.1, 0.15) is 31.2 Å². The molecule has 29 heavy (non-hydrogen) atoms. The van der Waals surface area contributed by atoms with Crippen molar-refractivity contribution in [1.82, 2.24) is 9.55 Å². The largest absolute Gasteiger partial charge is 0.370 e. The van der Waals surface area contributed by atoms with Crippen molar-refractivity contribution in [2.24, 2.45) is 5.73 Å². The SMILES string of the molecule is NC(=O)CCCCCn1c(SCc2ccc(F)c(Br)c2)nc2ccccc2c1=O. The van der Waals surface area contributed by atoms with Crippen LogP contribution in [0.3, 0.4) is 0 Å². The van der Waals surface area contributed by atoms with E-state index in [9.17, 15) is 14.0 Å². The van der Waals surface area contributed by atoms with Crippen molar-refractivity contribution in [3.63, 3.8) is 0 Å². The van der Waals surface area contributed by atoms with Gasteiger partial charge in [0, 0.05) is 18.7 Å². The molecule has 0 radical (unpaired) electrons. The first kappa shape index (κ1) is 21.5. The normalized spacial score (nSPS) is 11.1. The average molecular weight is 478 g/mol. The molecule has 0 aliphatic heterocycles. The van der Waals surface area contributed by atoms with E-state index in [0.717, 1.165) is 18.4 Å². The fourth-order valence-electron chi connectivity index (χ4n) is 2.98. The van der Waals surface area contributed by atoms with E-state index in [2.05, 4.69) is 20.9 Å². The Bertz CT molecular complexity index is 1090. The summed E-state index contributed by atoms with van der Waals surface area (Å²) >= 11 is 4.65. The summed E-state index contributed by atoms with van der Waals surface area (Å²) in [5.74, 6) is -0.0580. The zero-order valence-electron chi connectivity index (χ0n) is 15.7. The number of primary amides is 1. The summed E-state index contributed by atoms with van der Waals surface area (Å²) in [4.78, 5) is 28.6. The quantitative estimate of drug-likeness (QED) is 0.276. The van der Waals surface area contributed by atoms with Crippen LogP contribution in [0.5, 0.6) is 0 Å². The zero-order valence-corrected chi connectivity index (χ0v) is 18.1. The maximum absolute atomic E-state index is 13.5. The van der Waals surface area contributed by atoms with Crippen LogP contribution in [0.15, 0.2) is 56.9 Å². The Hall–Kier alpha value is -2.19. The van der Waals surface area contributed by atoms with Crippen LogP contribution in [0.4, 0.5) is 4.39 Å². The third kappa shape index (κ3) is 5.67. The highest BCUT2D eigenvalue weighted by Gasteiger charge is 2.12. The highest BCUT2D eigenvalue weighted by atomic mass is 79.9. The lowest BCUT2D eigenvalue weighted by molar-refractivity contribution is -0.118. The molecule has 0 fully saturated rings. The van der Waals surface area contributed by atoms with Crippen LogP contribution in [-0.2, 0) is 17.1 Å². The van der Waals surface area contributed by atoms with Gasteiger partial charge in [0.25, 0.3) is 5.56 Å². The van der Waals surface area contributed by atoms with Crippen LogP contribution in [-0.4, -0.2) is 15.5 Å². The Morgan fingerprint density at radius 3 is 2.72 bits per heavy atom. The first-order chi connectivity index (χ1) is 14.0. The van der Waals surface area contributed by atoms with Crippen LogP contribution in [0.25, 0.3) is 10.9 Å². The van der Waals surface area contributed by atoms with Gasteiger partial charge in [0.05, 0.1) is 15.4 Å². The van der Waals surface area contributed by atoms with Gasteiger partial charge in [-0.2, -0.15) is 0 Å². The van der Waals surface area contributed by atoms with Gasteiger partial charge in [0.15, 0.2) is 5.16 Å². The molecule has 0 aliphatic rings. The Morgan fingerprint density at radius 1 is 1.17 bits per heavy atom. The summed E-state index contributed by atoms with van der Waals surface area (Å²) in [7, 11) is 0. The maximum atomic E-state index is 13.5. The van der Waals surface area contributed by atoms with E-state index in [1.807, 2.05) is 18.2 Å². The van der Waals surface area contributed by atoms with Crippen molar-refractivity contribution in [1.29, 1.82) is 0 Å². The van der Waals surface area contributed by atoms with E-state index in [-0.39, 0.29) is 17.3 Å². The van der Waals surface area contributed by atoms with Gasteiger partial charge in [-0.3, -0.25) is 14.2 Å². The van der Waals surface area contributed by atoms with Crippen molar-refractivity contribution in [3.8, 4) is 0 Å². The number of fused-ring (bicyclic) bond motifs is 1. The molecule has 3 aromatic rings. The molecule has 0 unspecified atom stereocenters. The minimum atomic E-state index is -0.310. The molecule has 2 aromatic carbocycles. The van der Waals surface area contributed by atoms with Gasteiger partial charge in [-0.25, -0.2) is 9.37 Å². The number of unbranched alkanes of at least 4 members (excludes halogenated alkanes) is 2. The van der Waals surface area contributed by atoms with Gasteiger partial charge < -0.3 is 5.73 Å². The topological polar surface area (TPSA) is 78.0 Å². The number of hydrogen-bond acceptors (Lipinski definition) is 4. The Balaban J connectivity index is 1.82. The van der Waals surface area contributed by atoms with Crippen molar-refractivity contribution in [3.05, 3.63) is 68.7 Å². The molecule has 5 nitrogen and oxygen atoms in total. The number of nitrogens with zero attached hydrogens (tertiary/aromatic N) is 2. The van der Waals surface area contributed by atoms with Crippen molar-refractivity contribution >= 4 is 44.5 Å². The third-order valence-corrected chi connectivity index (χ3v) is 6.14. The van der Waals surface area contributed by atoms with Crippen LogP contribution in [0, 0.1) is 5.82 Å². The first-order valence-corrected chi connectivity index (χ1v) is 11.1. The van der Waals surface area contributed by atoms with E-state index >= 15 is 0 Å². The molecule has 3 rings (SSSR count). The van der Waals surface area contributed by atoms with Crippen molar-refractivity contribution in [2.75, 3.05) is 0 Å². The van der Waals surface area contributed by atoms with Crippen molar-refractivity contribution < 1.29 is 9.18 Å². The van der Waals surface area contributed by atoms with Gasteiger partial charge in [0.1, 0.15) is 5.82 Å².